The SMILES string of the molecule is Cc1cc(C)cc(NC(=O)CSc2nnc(CNC(=O)Cc3ccccc3)n2C)c1. The highest BCUT2D eigenvalue weighted by atomic mass is 32.2. The summed E-state index contributed by atoms with van der Waals surface area (Å²) in [7, 11) is 1.82. The number of nitrogens with zero attached hydrogens (tertiary/aromatic N) is 3. The molecule has 0 saturated heterocycles. The maximum atomic E-state index is 12.3. The second-order valence-corrected chi connectivity index (χ2v) is 8.05. The molecule has 0 bridgehead atoms. The van der Waals surface area contributed by atoms with Crippen molar-refractivity contribution in [3.8, 4) is 0 Å². The van der Waals surface area contributed by atoms with E-state index in [-0.39, 0.29) is 24.1 Å². The largest absolute Gasteiger partial charge is 0.349 e. The number of hydrogen-bond acceptors (Lipinski definition) is 5. The minimum Gasteiger partial charge on any atom is -0.349 e. The Morgan fingerprint density at radius 2 is 1.70 bits per heavy atom. The maximum absolute atomic E-state index is 12.3. The van der Waals surface area contributed by atoms with Crippen molar-refractivity contribution in [2.75, 3.05) is 11.1 Å². The van der Waals surface area contributed by atoms with Crippen LogP contribution in [0.1, 0.15) is 22.5 Å². The smallest absolute Gasteiger partial charge is 0.234 e. The number of benzene rings is 2. The summed E-state index contributed by atoms with van der Waals surface area (Å²) in [6.07, 6.45) is 0.318. The zero-order chi connectivity index (χ0) is 21.5. The highest BCUT2D eigenvalue weighted by molar-refractivity contribution is 7.99. The summed E-state index contributed by atoms with van der Waals surface area (Å²) >= 11 is 1.31. The molecule has 0 aliphatic heterocycles. The van der Waals surface area contributed by atoms with Gasteiger partial charge in [-0.3, -0.25) is 9.59 Å². The Labute approximate surface area is 180 Å². The van der Waals surface area contributed by atoms with Crippen LogP contribution in [0.25, 0.3) is 0 Å². The molecule has 8 heteroatoms. The van der Waals surface area contributed by atoms with Crippen molar-refractivity contribution in [1.82, 2.24) is 20.1 Å². The van der Waals surface area contributed by atoms with Gasteiger partial charge >= 0.3 is 0 Å². The van der Waals surface area contributed by atoms with Crippen LogP contribution < -0.4 is 10.6 Å². The van der Waals surface area contributed by atoms with Gasteiger partial charge < -0.3 is 15.2 Å². The molecule has 0 aliphatic carbocycles. The van der Waals surface area contributed by atoms with Gasteiger partial charge in [0.2, 0.25) is 11.8 Å². The van der Waals surface area contributed by atoms with Crippen LogP contribution >= 0.6 is 11.8 Å². The van der Waals surface area contributed by atoms with Crippen LogP contribution in [-0.4, -0.2) is 32.3 Å². The van der Waals surface area contributed by atoms with Gasteiger partial charge in [0.1, 0.15) is 0 Å². The fourth-order valence-corrected chi connectivity index (χ4v) is 3.75. The lowest BCUT2D eigenvalue weighted by Gasteiger charge is -2.08. The van der Waals surface area contributed by atoms with Gasteiger partial charge in [-0.05, 0) is 42.7 Å². The molecule has 1 heterocycles. The second kappa shape index (κ2) is 10.1. The average Bonchev–Trinajstić information content (AvgIpc) is 3.04. The van der Waals surface area contributed by atoms with E-state index in [1.165, 1.54) is 11.8 Å². The first kappa shape index (κ1) is 21.6. The third-order valence-corrected chi connectivity index (χ3v) is 5.43. The Morgan fingerprint density at radius 3 is 2.40 bits per heavy atom. The predicted octanol–water partition coefficient (Wildman–Crippen LogP) is 3.02. The van der Waals surface area contributed by atoms with E-state index in [4.69, 9.17) is 0 Å². The minimum absolute atomic E-state index is 0.0776. The van der Waals surface area contributed by atoms with Crippen molar-refractivity contribution in [2.24, 2.45) is 7.05 Å². The summed E-state index contributed by atoms with van der Waals surface area (Å²) in [5, 5.41) is 14.6. The number of hydrogen-bond donors (Lipinski definition) is 2. The Kier molecular flexibility index (Phi) is 7.24. The van der Waals surface area contributed by atoms with Crippen molar-refractivity contribution >= 4 is 29.3 Å². The number of aromatic nitrogens is 3. The third kappa shape index (κ3) is 6.18. The molecular weight excluding hydrogens is 398 g/mol. The van der Waals surface area contributed by atoms with Gasteiger partial charge in [0.05, 0.1) is 18.7 Å². The van der Waals surface area contributed by atoms with E-state index in [9.17, 15) is 9.59 Å². The first-order valence-electron chi connectivity index (χ1n) is 9.60. The number of amides is 2. The number of aryl methyl sites for hydroxylation is 2. The molecule has 0 radical (unpaired) electrons. The lowest BCUT2D eigenvalue weighted by molar-refractivity contribution is -0.120. The Bertz CT molecular complexity index is 1010. The van der Waals surface area contributed by atoms with E-state index in [2.05, 4.69) is 26.9 Å². The van der Waals surface area contributed by atoms with Crippen molar-refractivity contribution in [1.29, 1.82) is 0 Å². The van der Waals surface area contributed by atoms with Gasteiger partial charge in [0.25, 0.3) is 0 Å². The van der Waals surface area contributed by atoms with Gasteiger partial charge in [0.15, 0.2) is 11.0 Å². The van der Waals surface area contributed by atoms with E-state index >= 15 is 0 Å². The molecule has 2 amide bonds. The number of carbonyl (C=O) groups excluding carboxylic acids is 2. The molecule has 0 atom stereocenters. The molecule has 0 fully saturated rings. The first-order valence-corrected chi connectivity index (χ1v) is 10.6. The zero-order valence-corrected chi connectivity index (χ0v) is 18.1. The molecule has 0 spiro atoms. The molecule has 30 heavy (non-hydrogen) atoms. The van der Waals surface area contributed by atoms with Crippen molar-refractivity contribution in [3.05, 3.63) is 71.0 Å². The lowest BCUT2D eigenvalue weighted by atomic mass is 10.1. The van der Waals surface area contributed by atoms with Crippen LogP contribution in [0, 0.1) is 13.8 Å². The summed E-state index contributed by atoms with van der Waals surface area (Å²) in [5.74, 6) is 0.671. The van der Waals surface area contributed by atoms with Crippen molar-refractivity contribution in [3.63, 3.8) is 0 Å². The predicted molar refractivity (Wildman–Crippen MR) is 118 cm³/mol. The summed E-state index contributed by atoms with van der Waals surface area (Å²) < 4.78 is 1.79. The fraction of sp³-hybridized carbons (Fsp3) is 0.273. The van der Waals surface area contributed by atoms with Crippen LogP contribution in [-0.2, 0) is 29.6 Å². The number of carbonyl (C=O) groups is 2. The van der Waals surface area contributed by atoms with E-state index in [0.717, 1.165) is 22.4 Å². The average molecular weight is 424 g/mol. The highest BCUT2D eigenvalue weighted by Gasteiger charge is 2.13. The normalized spacial score (nSPS) is 10.6. The molecule has 2 aromatic carbocycles. The van der Waals surface area contributed by atoms with Gasteiger partial charge in [-0.2, -0.15) is 0 Å². The molecule has 0 aliphatic rings. The Balaban J connectivity index is 1.48. The Morgan fingerprint density at radius 1 is 1.00 bits per heavy atom. The molecule has 3 aromatic rings. The molecule has 0 saturated carbocycles. The number of rotatable bonds is 8. The molecule has 7 nitrogen and oxygen atoms in total. The standard InChI is InChI=1S/C22H25N5O2S/c1-15-9-16(2)11-18(10-15)24-21(29)14-30-22-26-25-19(27(22)3)13-23-20(28)12-17-7-5-4-6-8-17/h4-11H,12-14H2,1-3H3,(H,23,28)(H,24,29). The molecule has 1 aromatic heterocycles. The topological polar surface area (TPSA) is 88.9 Å². The van der Waals surface area contributed by atoms with Crippen LogP contribution in [0.2, 0.25) is 0 Å². The summed E-state index contributed by atoms with van der Waals surface area (Å²) in [5.41, 5.74) is 3.95. The van der Waals surface area contributed by atoms with E-state index < -0.39 is 0 Å². The van der Waals surface area contributed by atoms with Gasteiger partial charge in [-0.15, -0.1) is 10.2 Å². The van der Waals surface area contributed by atoms with Gasteiger partial charge in [0, 0.05) is 12.7 Å². The number of nitrogens with one attached hydrogen (secondary N) is 2. The van der Waals surface area contributed by atoms with Gasteiger partial charge in [-0.1, -0.05) is 48.2 Å². The molecular formula is C22H25N5O2S. The highest BCUT2D eigenvalue weighted by Crippen LogP contribution is 2.18. The first-order chi connectivity index (χ1) is 14.4. The molecule has 0 unspecified atom stereocenters. The van der Waals surface area contributed by atoms with Crippen molar-refractivity contribution < 1.29 is 9.59 Å². The van der Waals surface area contributed by atoms with E-state index in [1.807, 2.05) is 63.4 Å². The van der Waals surface area contributed by atoms with Gasteiger partial charge in [-0.25, -0.2) is 0 Å². The summed E-state index contributed by atoms with van der Waals surface area (Å²) in [6.45, 7) is 4.28. The van der Waals surface area contributed by atoms with Crippen LogP contribution in [0.5, 0.6) is 0 Å². The number of anilines is 1. The summed E-state index contributed by atoms with van der Waals surface area (Å²) in [6, 6.07) is 15.5. The molecule has 156 valence electrons. The molecule has 2 N–H and O–H groups in total. The Hall–Kier alpha value is -3.13. The van der Waals surface area contributed by atoms with Crippen LogP contribution in [0.4, 0.5) is 5.69 Å². The van der Waals surface area contributed by atoms with Crippen LogP contribution in [0.15, 0.2) is 53.7 Å². The maximum Gasteiger partial charge on any atom is 0.234 e. The summed E-state index contributed by atoms with van der Waals surface area (Å²) in [4.78, 5) is 24.4. The number of thioether (sulfide) groups is 1. The molecule has 3 rings (SSSR count). The van der Waals surface area contributed by atoms with E-state index in [0.29, 0.717) is 17.4 Å². The fourth-order valence-electron chi connectivity index (χ4n) is 3.02. The lowest BCUT2D eigenvalue weighted by Crippen LogP contribution is -2.26. The monoisotopic (exact) mass is 423 g/mol. The zero-order valence-electron chi connectivity index (χ0n) is 17.3. The van der Waals surface area contributed by atoms with Crippen molar-refractivity contribution in [2.45, 2.75) is 32.0 Å². The van der Waals surface area contributed by atoms with Crippen LogP contribution in [0.3, 0.4) is 0 Å². The minimum atomic E-state index is -0.106. The van der Waals surface area contributed by atoms with E-state index in [1.54, 1.807) is 4.57 Å². The quantitative estimate of drug-likeness (QED) is 0.544. The third-order valence-electron chi connectivity index (χ3n) is 4.41. The second-order valence-electron chi connectivity index (χ2n) is 7.11.